The highest BCUT2D eigenvalue weighted by Crippen LogP contribution is 2.09. The summed E-state index contributed by atoms with van der Waals surface area (Å²) in [6.07, 6.45) is 5.28. The third-order valence-electron chi connectivity index (χ3n) is 2.02. The molecule has 4 nitrogen and oxygen atoms in total. The number of halogens is 1. The number of nitrogens with zero attached hydrogens (tertiary/aromatic N) is 3. The van der Waals surface area contributed by atoms with Crippen molar-refractivity contribution in [1.29, 1.82) is 0 Å². The van der Waals surface area contributed by atoms with Crippen molar-refractivity contribution >= 4 is 15.9 Å². The van der Waals surface area contributed by atoms with Crippen LogP contribution >= 0.6 is 15.9 Å². The highest BCUT2D eigenvalue weighted by molar-refractivity contribution is 9.10. The van der Waals surface area contributed by atoms with Gasteiger partial charge in [-0.15, -0.1) is 0 Å². The number of pyridine rings is 1. The van der Waals surface area contributed by atoms with Crippen LogP contribution < -0.4 is 5.32 Å². The third kappa shape index (κ3) is 3.36. The summed E-state index contributed by atoms with van der Waals surface area (Å²) in [6, 6.07) is 5.86. The first-order valence-corrected chi connectivity index (χ1v) is 5.70. The van der Waals surface area contributed by atoms with Crippen LogP contribution in [-0.2, 0) is 13.1 Å². The lowest BCUT2D eigenvalue weighted by atomic mass is 10.3. The lowest BCUT2D eigenvalue weighted by molar-refractivity contribution is 0.668. The van der Waals surface area contributed by atoms with Crippen molar-refractivity contribution in [3.05, 3.63) is 52.5 Å². The maximum Gasteiger partial charge on any atom is 0.0769 e. The molecule has 0 aliphatic carbocycles. The van der Waals surface area contributed by atoms with E-state index in [2.05, 4.69) is 36.4 Å². The summed E-state index contributed by atoms with van der Waals surface area (Å²) in [5.74, 6) is 0. The zero-order valence-corrected chi connectivity index (χ0v) is 10.2. The number of hydrogen-bond donors (Lipinski definition) is 1. The van der Waals surface area contributed by atoms with Gasteiger partial charge in [0, 0.05) is 36.2 Å². The molecule has 0 bridgehead atoms. The molecule has 0 spiro atoms. The molecule has 0 radical (unpaired) electrons. The molecular formula is C11H11BrN4. The van der Waals surface area contributed by atoms with Gasteiger partial charge in [-0.3, -0.25) is 4.98 Å². The minimum Gasteiger partial charge on any atom is -0.307 e. The molecule has 16 heavy (non-hydrogen) atoms. The summed E-state index contributed by atoms with van der Waals surface area (Å²) in [7, 11) is 0. The second-order valence-electron chi connectivity index (χ2n) is 3.33. The van der Waals surface area contributed by atoms with Gasteiger partial charge in [0.15, 0.2) is 0 Å². The maximum absolute atomic E-state index is 4.10. The molecule has 0 aromatic carbocycles. The molecule has 0 unspecified atom stereocenters. The van der Waals surface area contributed by atoms with E-state index >= 15 is 0 Å². The molecule has 0 aliphatic rings. The molecule has 5 heteroatoms. The smallest absolute Gasteiger partial charge is 0.0769 e. The summed E-state index contributed by atoms with van der Waals surface area (Å²) in [5, 5.41) is 11.1. The molecule has 2 aromatic heterocycles. The van der Waals surface area contributed by atoms with Gasteiger partial charge in [0.05, 0.1) is 5.69 Å². The number of rotatable bonds is 4. The van der Waals surface area contributed by atoms with Gasteiger partial charge in [-0.05, 0) is 39.7 Å². The van der Waals surface area contributed by atoms with Crippen molar-refractivity contribution < 1.29 is 0 Å². The Kier molecular flexibility index (Phi) is 3.96. The van der Waals surface area contributed by atoms with E-state index < -0.39 is 0 Å². The van der Waals surface area contributed by atoms with E-state index in [0.29, 0.717) is 6.54 Å². The van der Waals surface area contributed by atoms with E-state index in [-0.39, 0.29) is 0 Å². The SMILES string of the molecule is Brc1cncc(CNCc2cccnn2)c1. The van der Waals surface area contributed by atoms with Gasteiger partial charge in [0.2, 0.25) is 0 Å². The molecule has 82 valence electrons. The Bertz CT molecular complexity index is 447. The Hall–Kier alpha value is -1.33. The molecule has 0 saturated heterocycles. The first-order chi connectivity index (χ1) is 7.84. The summed E-state index contributed by atoms with van der Waals surface area (Å²) in [5.41, 5.74) is 2.07. The molecule has 0 aliphatic heterocycles. The van der Waals surface area contributed by atoms with Crippen LogP contribution in [0.2, 0.25) is 0 Å². The van der Waals surface area contributed by atoms with Gasteiger partial charge < -0.3 is 5.32 Å². The largest absolute Gasteiger partial charge is 0.307 e. The van der Waals surface area contributed by atoms with E-state index in [4.69, 9.17) is 0 Å². The second-order valence-corrected chi connectivity index (χ2v) is 4.25. The predicted octanol–water partition coefficient (Wildman–Crippen LogP) is 1.92. The average molecular weight is 279 g/mol. The second kappa shape index (κ2) is 5.67. The van der Waals surface area contributed by atoms with E-state index in [0.717, 1.165) is 22.3 Å². The average Bonchev–Trinajstić information content (AvgIpc) is 2.30. The summed E-state index contributed by atoms with van der Waals surface area (Å²) in [6.45, 7) is 1.48. The standard InChI is InChI=1S/C11H11BrN4/c12-10-4-9(5-13-7-10)6-14-8-11-2-1-3-15-16-11/h1-5,7,14H,6,8H2. The zero-order valence-electron chi connectivity index (χ0n) is 8.60. The zero-order chi connectivity index (χ0) is 11.2. The van der Waals surface area contributed by atoms with Crippen LogP contribution in [0.3, 0.4) is 0 Å². The van der Waals surface area contributed by atoms with Crippen molar-refractivity contribution in [3.8, 4) is 0 Å². The molecule has 2 heterocycles. The summed E-state index contributed by atoms with van der Waals surface area (Å²) < 4.78 is 0.992. The van der Waals surface area contributed by atoms with E-state index in [1.54, 1.807) is 12.4 Å². The van der Waals surface area contributed by atoms with Gasteiger partial charge in [-0.25, -0.2) is 0 Å². The van der Waals surface area contributed by atoms with Crippen molar-refractivity contribution in [2.45, 2.75) is 13.1 Å². The van der Waals surface area contributed by atoms with Crippen molar-refractivity contribution in [2.24, 2.45) is 0 Å². The predicted molar refractivity (Wildman–Crippen MR) is 64.5 cm³/mol. The van der Waals surface area contributed by atoms with Gasteiger partial charge in [0.1, 0.15) is 0 Å². The van der Waals surface area contributed by atoms with Crippen LogP contribution in [-0.4, -0.2) is 15.2 Å². The van der Waals surface area contributed by atoms with Gasteiger partial charge in [0.25, 0.3) is 0 Å². The quantitative estimate of drug-likeness (QED) is 0.929. The van der Waals surface area contributed by atoms with Crippen molar-refractivity contribution in [2.75, 3.05) is 0 Å². The van der Waals surface area contributed by atoms with Crippen molar-refractivity contribution in [3.63, 3.8) is 0 Å². The molecule has 0 saturated carbocycles. The molecule has 0 fully saturated rings. The molecule has 0 atom stereocenters. The normalized spacial score (nSPS) is 10.3. The van der Waals surface area contributed by atoms with Crippen LogP contribution in [0, 0.1) is 0 Å². The topological polar surface area (TPSA) is 50.7 Å². The minimum absolute atomic E-state index is 0.709. The lowest BCUT2D eigenvalue weighted by Gasteiger charge is -2.03. The number of aromatic nitrogens is 3. The maximum atomic E-state index is 4.10. The highest BCUT2D eigenvalue weighted by atomic mass is 79.9. The molecule has 1 N–H and O–H groups in total. The number of nitrogens with one attached hydrogen (secondary N) is 1. The van der Waals surface area contributed by atoms with Crippen LogP contribution in [0.25, 0.3) is 0 Å². The Balaban J connectivity index is 1.85. The minimum atomic E-state index is 0.709. The summed E-state index contributed by atoms with van der Waals surface area (Å²) >= 11 is 3.39. The summed E-state index contributed by atoms with van der Waals surface area (Å²) in [4.78, 5) is 4.10. The first kappa shape index (κ1) is 11.2. The number of hydrogen-bond acceptors (Lipinski definition) is 4. The van der Waals surface area contributed by atoms with E-state index in [1.807, 2.05) is 24.4 Å². The van der Waals surface area contributed by atoms with E-state index in [1.165, 1.54) is 0 Å². The molecule has 2 aromatic rings. The Morgan fingerprint density at radius 3 is 2.94 bits per heavy atom. The third-order valence-corrected chi connectivity index (χ3v) is 2.46. The van der Waals surface area contributed by atoms with Gasteiger partial charge in [-0.1, -0.05) is 0 Å². The fraction of sp³-hybridized carbons (Fsp3) is 0.182. The Labute approximate surface area is 102 Å². The van der Waals surface area contributed by atoms with E-state index in [9.17, 15) is 0 Å². The Morgan fingerprint density at radius 2 is 2.19 bits per heavy atom. The van der Waals surface area contributed by atoms with Crippen LogP contribution in [0.4, 0.5) is 0 Å². The fourth-order valence-corrected chi connectivity index (χ4v) is 1.73. The first-order valence-electron chi connectivity index (χ1n) is 4.91. The molecule has 0 amide bonds. The Morgan fingerprint density at radius 1 is 1.25 bits per heavy atom. The van der Waals surface area contributed by atoms with Gasteiger partial charge >= 0.3 is 0 Å². The van der Waals surface area contributed by atoms with Crippen LogP contribution in [0.1, 0.15) is 11.3 Å². The fourth-order valence-electron chi connectivity index (χ4n) is 1.32. The highest BCUT2D eigenvalue weighted by Gasteiger charge is 1.96. The molecular weight excluding hydrogens is 268 g/mol. The molecule has 2 rings (SSSR count). The lowest BCUT2D eigenvalue weighted by Crippen LogP contribution is -2.14. The van der Waals surface area contributed by atoms with Crippen LogP contribution in [0.5, 0.6) is 0 Å². The van der Waals surface area contributed by atoms with Gasteiger partial charge in [-0.2, -0.15) is 10.2 Å². The van der Waals surface area contributed by atoms with Crippen LogP contribution in [0.15, 0.2) is 41.3 Å². The monoisotopic (exact) mass is 278 g/mol. The van der Waals surface area contributed by atoms with Crippen molar-refractivity contribution in [1.82, 2.24) is 20.5 Å².